The Kier molecular flexibility index (Phi) is 9.57. The Labute approximate surface area is 207 Å². The smallest absolute Gasteiger partial charge is 0.227 e. The number of aliphatic hydroxyl groups is 1. The van der Waals surface area contributed by atoms with Crippen molar-refractivity contribution >= 4 is 11.6 Å². The molecule has 0 bridgehead atoms. The van der Waals surface area contributed by atoms with E-state index < -0.39 is 6.10 Å². The molecular weight excluding hydrogens is 450 g/mol. The minimum absolute atomic E-state index is 0.422. The number of methoxy groups -OCH3 is 1. The predicted molar refractivity (Wildman–Crippen MR) is 137 cm³/mol. The summed E-state index contributed by atoms with van der Waals surface area (Å²) < 4.78 is 13.8. The topological polar surface area (TPSA) is 59.8 Å². The van der Waals surface area contributed by atoms with E-state index >= 15 is 0 Å². The molecule has 0 amide bonds. The van der Waals surface area contributed by atoms with E-state index in [4.69, 9.17) is 26.2 Å². The zero-order valence-electron chi connectivity index (χ0n) is 20.2. The standard InChI is InChI=1S/C27H34ClN3O3/c1-5-7-10-23(32)18-30(17-6-2)19-24-20(3)29-31(22-15-13-21(28)14-16-22)27(24)34-26-12-9-8-11-25(26)33-4/h5,8-9,11-16,23,32H,1,6-7,10,17-19H2,2-4H3. The first-order chi connectivity index (χ1) is 16.5. The van der Waals surface area contributed by atoms with Crippen LogP contribution in [0.2, 0.25) is 5.02 Å². The second-order valence-electron chi connectivity index (χ2n) is 8.27. The first-order valence-electron chi connectivity index (χ1n) is 11.6. The van der Waals surface area contributed by atoms with E-state index in [1.165, 1.54) is 0 Å². The molecule has 0 saturated heterocycles. The van der Waals surface area contributed by atoms with Crippen molar-refractivity contribution in [3.05, 3.63) is 77.5 Å². The Bertz CT molecular complexity index is 1070. The summed E-state index contributed by atoms with van der Waals surface area (Å²) in [6.07, 6.45) is 3.87. The van der Waals surface area contributed by atoms with Gasteiger partial charge in [-0.25, -0.2) is 4.68 Å². The summed E-state index contributed by atoms with van der Waals surface area (Å²) in [6.45, 7) is 9.90. The first kappa shape index (κ1) is 25.8. The van der Waals surface area contributed by atoms with Gasteiger partial charge in [-0.2, -0.15) is 5.10 Å². The summed E-state index contributed by atoms with van der Waals surface area (Å²) in [5.74, 6) is 1.86. The molecule has 182 valence electrons. The van der Waals surface area contributed by atoms with Crippen molar-refractivity contribution in [2.75, 3.05) is 20.2 Å². The quantitative estimate of drug-likeness (QED) is 0.294. The lowest BCUT2D eigenvalue weighted by atomic mass is 10.1. The van der Waals surface area contributed by atoms with Crippen molar-refractivity contribution in [1.29, 1.82) is 0 Å². The van der Waals surface area contributed by atoms with Gasteiger partial charge in [-0.05, 0) is 69.1 Å². The number of hydrogen-bond donors (Lipinski definition) is 1. The fourth-order valence-corrected chi connectivity index (χ4v) is 3.99. The molecule has 7 heteroatoms. The number of halogens is 1. The molecule has 0 spiro atoms. The lowest BCUT2D eigenvalue weighted by molar-refractivity contribution is 0.102. The number of benzene rings is 2. The average Bonchev–Trinajstić information content (AvgIpc) is 3.13. The number of allylic oxidation sites excluding steroid dienone is 1. The van der Waals surface area contributed by atoms with Gasteiger partial charge in [0, 0.05) is 18.1 Å². The van der Waals surface area contributed by atoms with Gasteiger partial charge in [-0.15, -0.1) is 6.58 Å². The molecule has 34 heavy (non-hydrogen) atoms. The maximum Gasteiger partial charge on any atom is 0.227 e. The number of ether oxygens (including phenoxy) is 2. The van der Waals surface area contributed by atoms with Gasteiger partial charge in [0.05, 0.1) is 30.2 Å². The predicted octanol–water partition coefficient (Wildman–Crippen LogP) is 6.17. The zero-order chi connectivity index (χ0) is 24.5. The van der Waals surface area contributed by atoms with E-state index in [0.717, 1.165) is 36.3 Å². The highest BCUT2D eigenvalue weighted by Crippen LogP contribution is 2.36. The molecule has 1 heterocycles. The van der Waals surface area contributed by atoms with E-state index in [-0.39, 0.29) is 0 Å². The Morgan fingerprint density at radius 2 is 1.88 bits per heavy atom. The number of aromatic nitrogens is 2. The second kappa shape index (κ2) is 12.6. The Morgan fingerprint density at radius 3 is 2.53 bits per heavy atom. The summed E-state index contributed by atoms with van der Waals surface area (Å²) in [7, 11) is 1.62. The minimum atomic E-state index is -0.422. The Hall–Kier alpha value is -2.80. The van der Waals surface area contributed by atoms with E-state index in [0.29, 0.717) is 41.9 Å². The van der Waals surface area contributed by atoms with Gasteiger partial charge in [0.2, 0.25) is 5.88 Å². The van der Waals surface area contributed by atoms with Crippen LogP contribution in [-0.2, 0) is 6.54 Å². The van der Waals surface area contributed by atoms with Crippen LogP contribution in [0.3, 0.4) is 0 Å². The van der Waals surface area contributed by atoms with Crippen LogP contribution in [-0.4, -0.2) is 46.1 Å². The van der Waals surface area contributed by atoms with Crippen molar-refractivity contribution < 1.29 is 14.6 Å². The van der Waals surface area contributed by atoms with Gasteiger partial charge in [0.15, 0.2) is 11.5 Å². The van der Waals surface area contributed by atoms with Crippen LogP contribution in [0.15, 0.2) is 61.2 Å². The molecule has 0 saturated carbocycles. The molecule has 0 aliphatic heterocycles. The molecule has 0 aliphatic rings. The summed E-state index contributed by atoms with van der Waals surface area (Å²) in [6, 6.07) is 15.0. The van der Waals surface area contributed by atoms with E-state index in [2.05, 4.69) is 18.4 Å². The molecule has 3 aromatic rings. The third-order valence-electron chi connectivity index (χ3n) is 5.58. The van der Waals surface area contributed by atoms with Crippen LogP contribution >= 0.6 is 11.6 Å². The molecule has 0 radical (unpaired) electrons. The summed E-state index contributed by atoms with van der Waals surface area (Å²) in [4.78, 5) is 2.25. The van der Waals surface area contributed by atoms with Crippen molar-refractivity contribution in [3.63, 3.8) is 0 Å². The van der Waals surface area contributed by atoms with Crippen molar-refractivity contribution in [2.45, 2.75) is 45.8 Å². The first-order valence-corrected chi connectivity index (χ1v) is 12.0. The molecule has 3 rings (SSSR count). The molecule has 2 aromatic carbocycles. The highest BCUT2D eigenvalue weighted by molar-refractivity contribution is 6.30. The number of aryl methyl sites for hydroxylation is 1. The largest absolute Gasteiger partial charge is 0.493 e. The third-order valence-corrected chi connectivity index (χ3v) is 5.83. The number of para-hydroxylation sites is 2. The number of nitrogens with zero attached hydrogens (tertiary/aromatic N) is 3. The molecule has 1 atom stereocenters. The number of hydrogen-bond acceptors (Lipinski definition) is 5. The van der Waals surface area contributed by atoms with Crippen LogP contribution in [0.4, 0.5) is 0 Å². The van der Waals surface area contributed by atoms with Crippen LogP contribution in [0.25, 0.3) is 5.69 Å². The van der Waals surface area contributed by atoms with E-state index in [9.17, 15) is 5.11 Å². The summed E-state index contributed by atoms with van der Waals surface area (Å²) in [5, 5.41) is 16.0. The van der Waals surface area contributed by atoms with Crippen LogP contribution < -0.4 is 9.47 Å². The van der Waals surface area contributed by atoms with Gasteiger partial charge in [0.25, 0.3) is 0 Å². The van der Waals surface area contributed by atoms with E-state index in [1.54, 1.807) is 11.8 Å². The van der Waals surface area contributed by atoms with Gasteiger partial charge in [-0.3, -0.25) is 4.90 Å². The lowest BCUT2D eigenvalue weighted by Crippen LogP contribution is -2.33. The Balaban J connectivity index is 2.01. The third kappa shape index (κ3) is 6.63. The monoisotopic (exact) mass is 483 g/mol. The highest BCUT2D eigenvalue weighted by Gasteiger charge is 2.23. The number of aliphatic hydroxyl groups excluding tert-OH is 1. The SMILES string of the molecule is C=CCCC(O)CN(CCC)Cc1c(C)nn(-c2ccc(Cl)cc2)c1Oc1ccccc1OC. The van der Waals surface area contributed by atoms with Crippen LogP contribution in [0.1, 0.15) is 37.4 Å². The fourth-order valence-electron chi connectivity index (χ4n) is 3.86. The van der Waals surface area contributed by atoms with Gasteiger partial charge < -0.3 is 14.6 Å². The van der Waals surface area contributed by atoms with Crippen molar-refractivity contribution in [1.82, 2.24) is 14.7 Å². The number of rotatable bonds is 13. The molecule has 1 unspecified atom stereocenters. The molecule has 1 N–H and O–H groups in total. The fraction of sp³-hybridized carbons (Fsp3) is 0.370. The van der Waals surface area contributed by atoms with Gasteiger partial charge in [0.1, 0.15) is 0 Å². The van der Waals surface area contributed by atoms with Crippen molar-refractivity contribution in [3.8, 4) is 23.1 Å². The Morgan fingerprint density at radius 1 is 1.18 bits per heavy atom. The maximum absolute atomic E-state index is 10.5. The maximum atomic E-state index is 10.5. The molecule has 6 nitrogen and oxygen atoms in total. The second-order valence-corrected chi connectivity index (χ2v) is 8.70. The minimum Gasteiger partial charge on any atom is -0.493 e. The molecule has 0 fully saturated rings. The average molecular weight is 484 g/mol. The van der Waals surface area contributed by atoms with Crippen LogP contribution in [0.5, 0.6) is 17.4 Å². The highest BCUT2D eigenvalue weighted by atomic mass is 35.5. The lowest BCUT2D eigenvalue weighted by Gasteiger charge is -2.25. The normalized spacial score (nSPS) is 12.1. The van der Waals surface area contributed by atoms with E-state index in [1.807, 2.05) is 61.5 Å². The van der Waals surface area contributed by atoms with Gasteiger partial charge in [-0.1, -0.05) is 36.7 Å². The summed E-state index contributed by atoms with van der Waals surface area (Å²) in [5.41, 5.74) is 2.67. The zero-order valence-corrected chi connectivity index (χ0v) is 21.0. The van der Waals surface area contributed by atoms with Crippen molar-refractivity contribution in [2.24, 2.45) is 0 Å². The molecule has 1 aromatic heterocycles. The molecular formula is C27H34ClN3O3. The summed E-state index contributed by atoms with van der Waals surface area (Å²) >= 11 is 6.12. The molecule has 0 aliphatic carbocycles. The van der Waals surface area contributed by atoms with Gasteiger partial charge >= 0.3 is 0 Å². The van der Waals surface area contributed by atoms with Crippen LogP contribution in [0, 0.1) is 6.92 Å².